The SMILES string of the molecule is CC(=O)[O-].CC(=O)[O-].CC(=O)[O-].[Ac+3]. The first-order valence-corrected chi connectivity index (χ1v) is 2.72. The molecular weight excluding hydrogens is 395 g/mol. The Morgan fingerprint density at radius 2 is 0.692 bits per heavy atom. The third-order valence-corrected chi connectivity index (χ3v) is 0. The molecule has 0 aliphatic heterocycles. The number of aliphatic carboxylic acids is 3. The second-order valence-electron chi connectivity index (χ2n) is 1.47. The van der Waals surface area contributed by atoms with E-state index in [0.29, 0.717) is 0 Å². The monoisotopic (exact) mass is 404 g/mol. The Morgan fingerprint density at radius 3 is 0.692 bits per heavy atom. The average Bonchev–Trinajstić information content (AvgIpc) is 1.54. The fourth-order valence-corrected chi connectivity index (χ4v) is 0. The van der Waals surface area contributed by atoms with Gasteiger partial charge in [0.25, 0.3) is 0 Å². The van der Waals surface area contributed by atoms with E-state index in [1.54, 1.807) is 0 Å². The van der Waals surface area contributed by atoms with Gasteiger partial charge in [-0.1, -0.05) is 0 Å². The zero-order chi connectivity index (χ0) is 10.7. The minimum atomic E-state index is -1.08. The van der Waals surface area contributed by atoms with E-state index in [1.807, 2.05) is 0 Å². The number of hydrogen-bond donors (Lipinski definition) is 0. The topological polar surface area (TPSA) is 120 Å². The third kappa shape index (κ3) is 52200. The van der Waals surface area contributed by atoms with E-state index in [-0.39, 0.29) is 44.1 Å². The van der Waals surface area contributed by atoms with E-state index in [4.69, 9.17) is 29.7 Å². The van der Waals surface area contributed by atoms with Gasteiger partial charge in [0, 0.05) is 17.9 Å². The van der Waals surface area contributed by atoms with Crippen LogP contribution in [0.4, 0.5) is 0 Å². The van der Waals surface area contributed by atoms with Crippen LogP contribution in [0.3, 0.4) is 0 Å². The zero-order valence-corrected chi connectivity index (χ0v) is 12.3. The van der Waals surface area contributed by atoms with Crippen LogP contribution in [0.5, 0.6) is 0 Å². The van der Waals surface area contributed by atoms with Gasteiger partial charge in [-0.25, -0.2) is 0 Å². The molecule has 0 unspecified atom stereocenters. The van der Waals surface area contributed by atoms with Gasteiger partial charge in [-0.05, 0) is 20.8 Å². The first-order valence-electron chi connectivity index (χ1n) is 2.72. The van der Waals surface area contributed by atoms with Gasteiger partial charge in [0.05, 0.1) is 0 Å². The fourth-order valence-electron chi connectivity index (χ4n) is 0. The molecule has 0 radical (unpaired) electrons. The Labute approximate surface area is 111 Å². The Kier molecular flexibility index (Phi) is 31.6. The molecule has 7 heteroatoms. The molecule has 13 heavy (non-hydrogen) atoms. The first kappa shape index (κ1) is 23.0. The van der Waals surface area contributed by atoms with Gasteiger partial charge in [0.1, 0.15) is 0 Å². The molecule has 0 atom stereocenters. The molecule has 0 aromatic heterocycles. The summed E-state index contributed by atoms with van der Waals surface area (Å²) in [7, 11) is 0. The average molecular weight is 404 g/mol. The summed E-state index contributed by atoms with van der Waals surface area (Å²) in [4.78, 5) is 26.7. The van der Waals surface area contributed by atoms with Crippen molar-refractivity contribution >= 4 is 17.9 Å². The zero-order valence-electron chi connectivity index (χ0n) is 7.53. The Balaban J connectivity index is -0.0000000450. The molecule has 0 aromatic rings. The van der Waals surface area contributed by atoms with Crippen LogP contribution in [0.15, 0.2) is 0 Å². The van der Waals surface area contributed by atoms with Crippen LogP contribution in [-0.4, -0.2) is 17.9 Å². The summed E-state index contributed by atoms with van der Waals surface area (Å²) in [6.07, 6.45) is 0. The second kappa shape index (κ2) is 17.8. The number of hydrogen-bond acceptors (Lipinski definition) is 6. The van der Waals surface area contributed by atoms with Gasteiger partial charge < -0.3 is 29.7 Å². The maximum Gasteiger partial charge on any atom is 3.00 e. The van der Waals surface area contributed by atoms with Crippen molar-refractivity contribution in [2.45, 2.75) is 20.8 Å². The largest absolute Gasteiger partial charge is 3.00 e. The second-order valence-corrected chi connectivity index (χ2v) is 1.47. The van der Waals surface area contributed by atoms with Crippen LogP contribution in [0.2, 0.25) is 0 Å². The van der Waals surface area contributed by atoms with E-state index in [1.165, 1.54) is 0 Å². The van der Waals surface area contributed by atoms with Crippen molar-refractivity contribution in [3.63, 3.8) is 0 Å². The molecule has 0 aliphatic rings. The summed E-state index contributed by atoms with van der Waals surface area (Å²) < 4.78 is 0. The number of carbonyl (C=O) groups excluding carboxylic acids is 3. The predicted molar refractivity (Wildman–Crippen MR) is 32.0 cm³/mol. The van der Waals surface area contributed by atoms with Crippen molar-refractivity contribution in [1.82, 2.24) is 0 Å². The van der Waals surface area contributed by atoms with Crippen LogP contribution in [-0.2, 0) is 14.4 Å². The molecule has 6 nitrogen and oxygen atoms in total. The van der Waals surface area contributed by atoms with Gasteiger partial charge in [0.2, 0.25) is 0 Å². The molecule has 0 aromatic carbocycles. The molecule has 0 saturated carbocycles. The van der Waals surface area contributed by atoms with Crippen LogP contribution < -0.4 is 15.3 Å². The standard InChI is InChI=1S/3C2H4O2.Ac/c3*1-2(3)4;/h3*1H3,(H,3,4);/q;;;+3/p-3. The van der Waals surface area contributed by atoms with E-state index in [9.17, 15) is 0 Å². The number of carbonyl (C=O) groups is 3. The van der Waals surface area contributed by atoms with E-state index >= 15 is 0 Å². The maximum atomic E-state index is 8.89. The van der Waals surface area contributed by atoms with Gasteiger partial charge >= 0.3 is 44.1 Å². The fraction of sp³-hybridized carbons (Fsp3) is 0.500. The summed E-state index contributed by atoms with van der Waals surface area (Å²) in [6.45, 7) is 2.92. The summed E-state index contributed by atoms with van der Waals surface area (Å²) >= 11 is 0. The van der Waals surface area contributed by atoms with Crippen molar-refractivity contribution in [1.29, 1.82) is 0 Å². The molecule has 0 bridgehead atoms. The quantitative estimate of drug-likeness (QED) is 0.410. The van der Waals surface area contributed by atoms with Crippen molar-refractivity contribution in [2.75, 3.05) is 0 Å². The number of carboxylic acids is 3. The van der Waals surface area contributed by atoms with Gasteiger partial charge in [-0.15, -0.1) is 0 Å². The van der Waals surface area contributed by atoms with Crippen molar-refractivity contribution in [3.8, 4) is 0 Å². The smallest absolute Gasteiger partial charge is 0.550 e. The summed E-state index contributed by atoms with van der Waals surface area (Å²) in [5.41, 5.74) is 0. The number of rotatable bonds is 0. The third-order valence-electron chi connectivity index (χ3n) is 0. The summed E-state index contributed by atoms with van der Waals surface area (Å²) in [6, 6.07) is 0. The van der Waals surface area contributed by atoms with Crippen LogP contribution in [0.1, 0.15) is 20.8 Å². The van der Waals surface area contributed by atoms with Gasteiger partial charge in [-0.3, -0.25) is 0 Å². The number of carboxylic acid groups (broad SMARTS) is 3. The minimum Gasteiger partial charge on any atom is -0.550 e. The van der Waals surface area contributed by atoms with Gasteiger partial charge in [-0.2, -0.15) is 0 Å². The Hall–Kier alpha value is -0.148. The van der Waals surface area contributed by atoms with Crippen molar-refractivity contribution in [3.05, 3.63) is 0 Å². The summed E-state index contributed by atoms with van der Waals surface area (Å²) in [5, 5.41) is 26.7. The predicted octanol–water partition coefficient (Wildman–Crippen LogP) is -3.73. The normalized spacial score (nSPS) is 5.77. The molecule has 0 aliphatic carbocycles. The molecular formula is C6H9AcO6. The minimum absolute atomic E-state index is 0. The molecule has 0 heterocycles. The Bertz CT molecular complexity index is 115. The van der Waals surface area contributed by atoms with E-state index in [2.05, 4.69) is 0 Å². The van der Waals surface area contributed by atoms with Crippen molar-refractivity contribution < 1.29 is 73.8 Å². The van der Waals surface area contributed by atoms with Crippen LogP contribution >= 0.6 is 0 Å². The Morgan fingerprint density at radius 1 is 0.692 bits per heavy atom. The molecule has 0 saturated heterocycles. The molecule has 0 fully saturated rings. The molecule has 0 amide bonds. The van der Waals surface area contributed by atoms with E-state index < -0.39 is 17.9 Å². The summed E-state index contributed by atoms with van der Waals surface area (Å²) in [5.74, 6) is -3.25. The van der Waals surface area contributed by atoms with E-state index in [0.717, 1.165) is 20.8 Å². The van der Waals surface area contributed by atoms with Crippen LogP contribution in [0, 0.1) is 44.1 Å². The molecule has 0 rings (SSSR count). The van der Waals surface area contributed by atoms with Crippen LogP contribution in [0.25, 0.3) is 0 Å². The molecule has 0 spiro atoms. The molecule has 72 valence electrons. The first-order chi connectivity index (χ1) is 5.20. The van der Waals surface area contributed by atoms with Crippen molar-refractivity contribution in [2.24, 2.45) is 0 Å². The van der Waals surface area contributed by atoms with Gasteiger partial charge in [0.15, 0.2) is 0 Å². The molecule has 0 N–H and O–H groups in total. The maximum absolute atomic E-state index is 8.89.